The Hall–Kier alpha value is -2.15. The largest absolute Gasteiger partial charge is 0.481 e. The monoisotopic (exact) mass is 268 g/mol. The molecular formula is C12H16N2O5. The van der Waals surface area contributed by atoms with Gasteiger partial charge in [0.05, 0.1) is 19.6 Å². The molecule has 1 unspecified atom stereocenters. The molecule has 0 aliphatic heterocycles. The number of hydrogen-bond acceptors (Lipinski definition) is 5. The third kappa shape index (κ3) is 4.55. The smallest absolute Gasteiger partial charge is 0.306 e. The molecule has 1 heterocycles. The number of aliphatic carboxylic acids is 1. The maximum Gasteiger partial charge on any atom is 0.306 e. The zero-order valence-electron chi connectivity index (χ0n) is 10.8. The number of carbonyl (C=O) groups is 2. The summed E-state index contributed by atoms with van der Waals surface area (Å²) >= 11 is 0. The number of nitrogens with zero attached hydrogens (tertiary/aromatic N) is 1. The molecular weight excluding hydrogens is 252 g/mol. The first-order chi connectivity index (χ1) is 9.08. The molecule has 7 nitrogen and oxygen atoms in total. The van der Waals surface area contributed by atoms with Gasteiger partial charge in [-0.15, -0.1) is 0 Å². The van der Waals surface area contributed by atoms with Crippen molar-refractivity contribution in [2.75, 3.05) is 20.8 Å². The highest BCUT2D eigenvalue weighted by Gasteiger charge is 2.16. The normalized spacial score (nSPS) is 11.7. The van der Waals surface area contributed by atoms with Crippen molar-refractivity contribution in [1.82, 2.24) is 10.3 Å². The number of nitrogens with one attached hydrogen (secondary N) is 1. The summed E-state index contributed by atoms with van der Waals surface area (Å²) in [5.74, 6) is -1.16. The minimum atomic E-state index is -0.986. The van der Waals surface area contributed by atoms with E-state index in [0.29, 0.717) is 0 Å². The Kier molecular flexibility index (Phi) is 5.74. The van der Waals surface area contributed by atoms with Crippen LogP contribution in [-0.4, -0.2) is 48.8 Å². The molecule has 19 heavy (non-hydrogen) atoms. The molecule has 2 N–H and O–H groups in total. The number of carboxylic acid groups (broad SMARTS) is 1. The standard InChI is InChI=1S/C12H16N2O5/c1-18-8(6-10(15)16)7-14-11(17)9-4-3-5-13-12(9)19-2/h3-5,8H,6-7H2,1-2H3,(H,14,17)(H,15,16). The lowest BCUT2D eigenvalue weighted by atomic mass is 10.2. The number of rotatable bonds is 7. The minimum Gasteiger partial charge on any atom is -0.481 e. The Morgan fingerprint density at radius 2 is 2.21 bits per heavy atom. The molecule has 0 saturated heterocycles. The molecule has 0 aliphatic carbocycles. The van der Waals surface area contributed by atoms with Crippen LogP contribution in [0.5, 0.6) is 5.88 Å². The zero-order valence-corrected chi connectivity index (χ0v) is 10.8. The number of pyridine rings is 1. The van der Waals surface area contributed by atoms with E-state index in [1.54, 1.807) is 12.1 Å². The summed E-state index contributed by atoms with van der Waals surface area (Å²) < 4.78 is 9.93. The second-order valence-electron chi connectivity index (χ2n) is 3.73. The van der Waals surface area contributed by atoms with Gasteiger partial charge in [-0.1, -0.05) is 0 Å². The topological polar surface area (TPSA) is 97.8 Å². The summed E-state index contributed by atoms with van der Waals surface area (Å²) in [6, 6.07) is 3.18. The highest BCUT2D eigenvalue weighted by atomic mass is 16.5. The van der Waals surface area contributed by atoms with Crippen molar-refractivity contribution in [1.29, 1.82) is 0 Å². The van der Waals surface area contributed by atoms with Crippen LogP contribution in [0.2, 0.25) is 0 Å². The predicted molar refractivity (Wildman–Crippen MR) is 66.2 cm³/mol. The molecule has 7 heteroatoms. The van der Waals surface area contributed by atoms with E-state index < -0.39 is 18.0 Å². The Morgan fingerprint density at radius 1 is 1.47 bits per heavy atom. The lowest BCUT2D eigenvalue weighted by Gasteiger charge is -2.14. The van der Waals surface area contributed by atoms with E-state index in [1.165, 1.54) is 20.4 Å². The van der Waals surface area contributed by atoms with E-state index in [4.69, 9.17) is 14.6 Å². The van der Waals surface area contributed by atoms with E-state index in [9.17, 15) is 9.59 Å². The fraction of sp³-hybridized carbons (Fsp3) is 0.417. The molecule has 0 fully saturated rings. The molecule has 0 spiro atoms. The average Bonchev–Trinajstić information content (AvgIpc) is 2.42. The van der Waals surface area contributed by atoms with Crippen molar-refractivity contribution in [2.45, 2.75) is 12.5 Å². The molecule has 0 aliphatic rings. The van der Waals surface area contributed by atoms with Gasteiger partial charge in [0, 0.05) is 19.9 Å². The van der Waals surface area contributed by atoms with E-state index in [-0.39, 0.29) is 24.4 Å². The van der Waals surface area contributed by atoms with Gasteiger partial charge < -0.3 is 19.9 Å². The number of aromatic nitrogens is 1. The van der Waals surface area contributed by atoms with Crippen LogP contribution in [-0.2, 0) is 9.53 Å². The van der Waals surface area contributed by atoms with Gasteiger partial charge in [-0.05, 0) is 12.1 Å². The second kappa shape index (κ2) is 7.32. The van der Waals surface area contributed by atoms with Crippen LogP contribution in [0, 0.1) is 0 Å². The number of amides is 1. The summed E-state index contributed by atoms with van der Waals surface area (Å²) in [7, 11) is 2.81. The van der Waals surface area contributed by atoms with Gasteiger partial charge in [0.25, 0.3) is 5.91 Å². The maximum absolute atomic E-state index is 11.9. The molecule has 1 aromatic rings. The van der Waals surface area contributed by atoms with Crippen LogP contribution in [0.3, 0.4) is 0 Å². The van der Waals surface area contributed by atoms with Gasteiger partial charge in [0.15, 0.2) is 0 Å². The molecule has 104 valence electrons. The summed E-state index contributed by atoms with van der Waals surface area (Å²) in [6.07, 6.45) is 0.753. The highest BCUT2D eigenvalue weighted by Crippen LogP contribution is 2.13. The first kappa shape index (κ1) is 14.9. The first-order valence-electron chi connectivity index (χ1n) is 5.60. The number of methoxy groups -OCH3 is 2. The number of ether oxygens (including phenoxy) is 2. The van der Waals surface area contributed by atoms with Crippen LogP contribution < -0.4 is 10.1 Å². The van der Waals surface area contributed by atoms with Gasteiger partial charge in [-0.3, -0.25) is 9.59 Å². The van der Waals surface area contributed by atoms with Gasteiger partial charge in [0.1, 0.15) is 5.56 Å². The van der Waals surface area contributed by atoms with Crippen molar-refractivity contribution in [2.24, 2.45) is 0 Å². The van der Waals surface area contributed by atoms with Crippen LogP contribution in [0.4, 0.5) is 0 Å². The van der Waals surface area contributed by atoms with Crippen LogP contribution in [0.1, 0.15) is 16.8 Å². The molecule has 1 amide bonds. The molecule has 0 aromatic carbocycles. The third-order valence-corrected chi connectivity index (χ3v) is 2.44. The third-order valence-electron chi connectivity index (χ3n) is 2.44. The summed E-state index contributed by atoms with van der Waals surface area (Å²) in [6.45, 7) is 0.0969. The molecule has 0 bridgehead atoms. The lowest BCUT2D eigenvalue weighted by molar-refractivity contribution is -0.139. The minimum absolute atomic E-state index is 0.0969. The lowest BCUT2D eigenvalue weighted by Crippen LogP contribution is -2.34. The Labute approximate surface area is 110 Å². The summed E-state index contributed by atoms with van der Waals surface area (Å²) in [5, 5.41) is 11.2. The quantitative estimate of drug-likeness (QED) is 0.738. The first-order valence-corrected chi connectivity index (χ1v) is 5.60. The van der Waals surface area contributed by atoms with Crippen molar-refractivity contribution < 1.29 is 24.2 Å². The van der Waals surface area contributed by atoms with E-state index in [0.717, 1.165) is 0 Å². The van der Waals surface area contributed by atoms with Crippen molar-refractivity contribution >= 4 is 11.9 Å². The van der Waals surface area contributed by atoms with E-state index in [2.05, 4.69) is 10.3 Å². The van der Waals surface area contributed by atoms with E-state index >= 15 is 0 Å². The maximum atomic E-state index is 11.9. The van der Waals surface area contributed by atoms with Crippen molar-refractivity contribution in [3.63, 3.8) is 0 Å². The molecule has 0 radical (unpaired) electrons. The predicted octanol–water partition coefficient (Wildman–Crippen LogP) is 0.310. The summed E-state index contributed by atoms with van der Waals surface area (Å²) in [5.41, 5.74) is 0.287. The van der Waals surface area contributed by atoms with Gasteiger partial charge in [0.2, 0.25) is 5.88 Å². The molecule has 1 atom stereocenters. The van der Waals surface area contributed by atoms with Crippen LogP contribution in [0.15, 0.2) is 18.3 Å². The van der Waals surface area contributed by atoms with Crippen molar-refractivity contribution in [3.05, 3.63) is 23.9 Å². The number of hydrogen-bond donors (Lipinski definition) is 2. The van der Waals surface area contributed by atoms with Gasteiger partial charge >= 0.3 is 5.97 Å². The molecule has 0 saturated carbocycles. The SMILES string of the molecule is COc1ncccc1C(=O)NCC(CC(=O)O)OC. The Morgan fingerprint density at radius 3 is 2.79 bits per heavy atom. The molecule has 1 rings (SSSR count). The van der Waals surface area contributed by atoms with Crippen molar-refractivity contribution in [3.8, 4) is 5.88 Å². The number of carboxylic acids is 1. The summed E-state index contributed by atoms with van der Waals surface area (Å²) in [4.78, 5) is 26.4. The zero-order chi connectivity index (χ0) is 14.3. The fourth-order valence-electron chi connectivity index (χ4n) is 1.46. The van der Waals surface area contributed by atoms with Crippen LogP contribution >= 0.6 is 0 Å². The average molecular weight is 268 g/mol. The highest BCUT2D eigenvalue weighted by molar-refractivity contribution is 5.96. The Balaban J connectivity index is 2.61. The van der Waals surface area contributed by atoms with Gasteiger partial charge in [-0.2, -0.15) is 0 Å². The Bertz CT molecular complexity index is 450. The number of carbonyl (C=O) groups excluding carboxylic acids is 1. The second-order valence-corrected chi connectivity index (χ2v) is 3.73. The molecule has 1 aromatic heterocycles. The van der Waals surface area contributed by atoms with Gasteiger partial charge in [-0.25, -0.2) is 4.98 Å². The van der Waals surface area contributed by atoms with E-state index in [1.807, 2.05) is 0 Å². The fourth-order valence-corrected chi connectivity index (χ4v) is 1.46. The van der Waals surface area contributed by atoms with Crippen LogP contribution in [0.25, 0.3) is 0 Å².